The number of pyridine rings is 1. The lowest BCUT2D eigenvalue weighted by Gasteiger charge is -2.12. The number of aromatic nitrogens is 2. The Morgan fingerprint density at radius 3 is 3.00 bits per heavy atom. The molecule has 0 spiro atoms. The van der Waals surface area contributed by atoms with E-state index in [2.05, 4.69) is 63.8 Å². The van der Waals surface area contributed by atoms with Crippen LogP contribution in [-0.4, -0.2) is 42.2 Å². The van der Waals surface area contributed by atoms with Crippen molar-refractivity contribution in [2.45, 2.75) is 20.3 Å². The highest BCUT2D eigenvalue weighted by atomic mass is 16.5. The van der Waals surface area contributed by atoms with Crippen LogP contribution in [0.1, 0.15) is 18.1 Å². The molecule has 0 atom stereocenters. The monoisotopic (exact) mass is 365 g/mol. The summed E-state index contributed by atoms with van der Waals surface area (Å²) in [5.41, 5.74) is 3.75. The molecule has 2 heterocycles. The smallest absolute Gasteiger partial charge is 0.191 e. The molecule has 0 amide bonds. The second-order valence-corrected chi connectivity index (χ2v) is 6.34. The van der Waals surface area contributed by atoms with Crippen molar-refractivity contribution in [1.82, 2.24) is 20.6 Å². The Kier molecular flexibility index (Phi) is 6.68. The number of hydrogen-bond acceptors (Lipinski definition) is 3. The van der Waals surface area contributed by atoms with Gasteiger partial charge >= 0.3 is 0 Å². The highest BCUT2D eigenvalue weighted by molar-refractivity contribution is 5.84. The maximum absolute atomic E-state index is 5.64. The van der Waals surface area contributed by atoms with Crippen molar-refractivity contribution in [1.29, 1.82) is 0 Å². The number of nitrogens with zero attached hydrogens (tertiary/aromatic N) is 2. The van der Waals surface area contributed by atoms with Crippen molar-refractivity contribution in [2.75, 3.05) is 26.2 Å². The van der Waals surface area contributed by atoms with Crippen molar-refractivity contribution in [3.05, 3.63) is 60.0 Å². The highest BCUT2D eigenvalue weighted by Crippen LogP contribution is 2.19. The molecule has 0 saturated heterocycles. The second kappa shape index (κ2) is 9.62. The number of fused-ring (bicyclic) bond motifs is 1. The number of guanidine groups is 1. The Balaban J connectivity index is 1.49. The third kappa shape index (κ3) is 5.48. The first-order chi connectivity index (χ1) is 13.3. The Labute approximate surface area is 160 Å². The molecule has 3 rings (SSSR count). The molecule has 3 aromatic rings. The van der Waals surface area contributed by atoms with Gasteiger partial charge in [-0.05, 0) is 49.6 Å². The molecule has 27 heavy (non-hydrogen) atoms. The normalized spacial score (nSPS) is 11.6. The van der Waals surface area contributed by atoms with Crippen molar-refractivity contribution >= 4 is 16.9 Å². The number of benzene rings is 1. The molecular formula is C21H27N5O. The highest BCUT2D eigenvalue weighted by Gasteiger charge is 2.04. The van der Waals surface area contributed by atoms with E-state index in [1.165, 1.54) is 22.0 Å². The number of H-pyrrole nitrogens is 1. The fraction of sp³-hybridized carbons (Fsp3) is 0.333. The summed E-state index contributed by atoms with van der Waals surface area (Å²) in [6, 6.07) is 10.3. The largest absolute Gasteiger partial charge is 0.490 e. The molecule has 0 saturated carbocycles. The molecule has 1 aromatic carbocycles. The lowest BCUT2D eigenvalue weighted by atomic mass is 10.1. The lowest BCUT2D eigenvalue weighted by Crippen LogP contribution is -2.39. The standard InChI is InChI=1S/C21H27N5O/c1-3-23-21(25-11-12-27-18-5-4-9-22-15-18)24-10-8-17-14-26-20-13-16(2)6-7-19(17)20/h4-7,9,13-15,26H,3,8,10-12H2,1-2H3,(H2,23,24,25). The third-order valence-electron chi connectivity index (χ3n) is 4.22. The fourth-order valence-electron chi connectivity index (χ4n) is 2.91. The van der Waals surface area contributed by atoms with E-state index in [1.807, 2.05) is 12.1 Å². The number of aryl methyl sites for hydroxylation is 1. The molecule has 6 heteroatoms. The van der Waals surface area contributed by atoms with Gasteiger partial charge in [0.2, 0.25) is 0 Å². The zero-order valence-corrected chi connectivity index (χ0v) is 16.0. The van der Waals surface area contributed by atoms with Crippen molar-refractivity contribution in [3.63, 3.8) is 0 Å². The summed E-state index contributed by atoms with van der Waals surface area (Å²) >= 11 is 0. The predicted molar refractivity (Wildman–Crippen MR) is 110 cm³/mol. The van der Waals surface area contributed by atoms with E-state index < -0.39 is 0 Å². The number of aromatic amines is 1. The van der Waals surface area contributed by atoms with Crippen molar-refractivity contribution in [3.8, 4) is 5.75 Å². The minimum Gasteiger partial charge on any atom is -0.490 e. The minimum absolute atomic E-state index is 0.553. The minimum atomic E-state index is 0.553. The van der Waals surface area contributed by atoms with Gasteiger partial charge in [0, 0.05) is 36.4 Å². The molecule has 0 unspecified atom stereocenters. The average Bonchev–Trinajstić information content (AvgIpc) is 3.08. The van der Waals surface area contributed by atoms with Crippen LogP contribution >= 0.6 is 0 Å². The Morgan fingerprint density at radius 2 is 2.19 bits per heavy atom. The van der Waals surface area contributed by atoms with Gasteiger partial charge in [-0.1, -0.05) is 12.1 Å². The summed E-state index contributed by atoms with van der Waals surface area (Å²) in [7, 11) is 0. The van der Waals surface area contributed by atoms with Crippen LogP contribution in [0.25, 0.3) is 10.9 Å². The van der Waals surface area contributed by atoms with Crippen molar-refractivity contribution in [2.24, 2.45) is 4.99 Å². The van der Waals surface area contributed by atoms with Gasteiger partial charge in [0.25, 0.3) is 0 Å². The van der Waals surface area contributed by atoms with Crippen LogP contribution in [-0.2, 0) is 6.42 Å². The number of ether oxygens (including phenoxy) is 1. The lowest BCUT2D eigenvalue weighted by molar-refractivity contribution is 0.320. The topological polar surface area (TPSA) is 74.3 Å². The molecule has 0 fully saturated rings. The summed E-state index contributed by atoms with van der Waals surface area (Å²) in [5, 5.41) is 7.85. The second-order valence-electron chi connectivity index (χ2n) is 6.34. The molecule has 0 aliphatic rings. The van der Waals surface area contributed by atoms with E-state index in [4.69, 9.17) is 4.74 Å². The zero-order chi connectivity index (χ0) is 18.9. The van der Waals surface area contributed by atoms with Crippen LogP contribution in [0.2, 0.25) is 0 Å². The first kappa shape index (κ1) is 18.8. The molecule has 0 aliphatic heterocycles. The van der Waals surface area contributed by atoms with Crippen LogP contribution in [0.15, 0.2) is 53.9 Å². The van der Waals surface area contributed by atoms with Crippen LogP contribution in [0, 0.1) is 6.92 Å². The van der Waals surface area contributed by atoms with E-state index in [9.17, 15) is 0 Å². The Morgan fingerprint density at radius 1 is 1.26 bits per heavy atom. The first-order valence-corrected chi connectivity index (χ1v) is 9.38. The van der Waals surface area contributed by atoms with E-state index in [1.54, 1.807) is 12.4 Å². The fourth-order valence-corrected chi connectivity index (χ4v) is 2.91. The third-order valence-corrected chi connectivity index (χ3v) is 4.22. The van der Waals surface area contributed by atoms with Gasteiger partial charge in [0.1, 0.15) is 12.4 Å². The van der Waals surface area contributed by atoms with Gasteiger partial charge < -0.3 is 20.4 Å². The van der Waals surface area contributed by atoms with Crippen LogP contribution in [0.3, 0.4) is 0 Å². The van der Waals surface area contributed by atoms with E-state index in [-0.39, 0.29) is 0 Å². The maximum atomic E-state index is 5.64. The molecular weight excluding hydrogens is 338 g/mol. The summed E-state index contributed by atoms with van der Waals surface area (Å²) in [6.45, 7) is 6.94. The van der Waals surface area contributed by atoms with Crippen molar-refractivity contribution < 1.29 is 4.74 Å². The SMILES string of the molecule is CCNC(=NCCc1c[nH]c2cc(C)ccc12)NCCOc1cccnc1. The van der Waals surface area contributed by atoms with Crippen LogP contribution < -0.4 is 15.4 Å². The molecule has 2 aromatic heterocycles. The number of hydrogen-bond donors (Lipinski definition) is 3. The van der Waals surface area contributed by atoms with Gasteiger partial charge in [0.15, 0.2) is 5.96 Å². The molecule has 142 valence electrons. The first-order valence-electron chi connectivity index (χ1n) is 9.38. The average molecular weight is 365 g/mol. The molecule has 0 bridgehead atoms. The van der Waals surface area contributed by atoms with E-state index in [0.29, 0.717) is 13.2 Å². The number of nitrogens with one attached hydrogen (secondary N) is 3. The Bertz CT molecular complexity index is 873. The van der Waals surface area contributed by atoms with Gasteiger partial charge in [0.05, 0.1) is 12.7 Å². The zero-order valence-electron chi connectivity index (χ0n) is 16.0. The number of aliphatic imine (C=N–C) groups is 1. The molecule has 0 radical (unpaired) electrons. The Hall–Kier alpha value is -3.02. The van der Waals surface area contributed by atoms with Gasteiger partial charge in [-0.3, -0.25) is 9.98 Å². The number of rotatable bonds is 8. The van der Waals surface area contributed by atoms with Crippen LogP contribution in [0.5, 0.6) is 5.75 Å². The summed E-state index contributed by atoms with van der Waals surface area (Å²) in [5.74, 6) is 1.58. The van der Waals surface area contributed by atoms with E-state index >= 15 is 0 Å². The van der Waals surface area contributed by atoms with Gasteiger partial charge in [-0.25, -0.2) is 0 Å². The predicted octanol–water partition coefficient (Wildman–Crippen LogP) is 3.05. The van der Waals surface area contributed by atoms with E-state index in [0.717, 1.165) is 31.2 Å². The molecule has 0 aliphatic carbocycles. The molecule has 6 nitrogen and oxygen atoms in total. The van der Waals surface area contributed by atoms with Gasteiger partial charge in [-0.2, -0.15) is 0 Å². The van der Waals surface area contributed by atoms with Crippen LogP contribution in [0.4, 0.5) is 0 Å². The maximum Gasteiger partial charge on any atom is 0.191 e. The van der Waals surface area contributed by atoms with Gasteiger partial charge in [-0.15, -0.1) is 0 Å². The summed E-state index contributed by atoms with van der Waals surface area (Å²) in [6.07, 6.45) is 6.42. The summed E-state index contributed by atoms with van der Waals surface area (Å²) < 4.78 is 5.64. The molecule has 3 N–H and O–H groups in total. The quantitative estimate of drug-likeness (QED) is 0.326. The summed E-state index contributed by atoms with van der Waals surface area (Å²) in [4.78, 5) is 12.1.